The first-order valence-electron chi connectivity index (χ1n) is 7.91. The van der Waals surface area contributed by atoms with Gasteiger partial charge in [-0.1, -0.05) is 48.0 Å². The molecule has 0 aliphatic heterocycles. The highest BCUT2D eigenvalue weighted by molar-refractivity contribution is 6.30. The molecule has 0 aromatic heterocycles. The van der Waals surface area contributed by atoms with Gasteiger partial charge in [0, 0.05) is 24.4 Å². The highest BCUT2D eigenvalue weighted by Crippen LogP contribution is 2.18. The first-order valence-corrected chi connectivity index (χ1v) is 8.29. The van der Waals surface area contributed by atoms with Crippen LogP contribution in [-0.4, -0.2) is 17.8 Å². The van der Waals surface area contributed by atoms with Crippen molar-refractivity contribution < 1.29 is 14.4 Å². The van der Waals surface area contributed by atoms with E-state index in [4.69, 9.17) is 17.3 Å². The van der Waals surface area contributed by atoms with Crippen molar-refractivity contribution in [2.75, 3.05) is 5.01 Å². The molecule has 2 aromatic rings. The van der Waals surface area contributed by atoms with Crippen LogP contribution in [0.5, 0.6) is 0 Å². The summed E-state index contributed by atoms with van der Waals surface area (Å²) in [5, 5.41) is 4.00. The molecule has 0 unspecified atom stereocenters. The van der Waals surface area contributed by atoms with Crippen molar-refractivity contribution in [3.63, 3.8) is 0 Å². The molecule has 4 amide bonds. The number of hydrogen-bond donors (Lipinski definition) is 3. The molecule has 0 heterocycles. The Labute approximate surface area is 156 Å². The topological polar surface area (TPSA) is 105 Å². The van der Waals surface area contributed by atoms with Crippen LogP contribution in [0.1, 0.15) is 18.4 Å². The Morgan fingerprint density at radius 2 is 1.65 bits per heavy atom. The van der Waals surface area contributed by atoms with E-state index in [9.17, 15) is 14.4 Å². The number of nitrogens with two attached hydrogens (primary N) is 1. The average Bonchev–Trinajstić information content (AvgIpc) is 2.63. The van der Waals surface area contributed by atoms with E-state index in [0.29, 0.717) is 17.3 Å². The Hall–Kier alpha value is -3.06. The maximum absolute atomic E-state index is 12.0. The lowest BCUT2D eigenvalue weighted by Crippen LogP contribution is -2.49. The van der Waals surface area contributed by atoms with Crippen molar-refractivity contribution in [2.24, 2.45) is 5.73 Å². The van der Waals surface area contributed by atoms with Gasteiger partial charge in [0.1, 0.15) is 0 Å². The zero-order valence-electron chi connectivity index (χ0n) is 13.9. The van der Waals surface area contributed by atoms with Gasteiger partial charge in [-0.15, -0.1) is 0 Å². The third kappa shape index (κ3) is 6.10. The molecule has 7 nitrogen and oxygen atoms in total. The zero-order valence-corrected chi connectivity index (χ0v) is 14.7. The van der Waals surface area contributed by atoms with E-state index >= 15 is 0 Å². The zero-order chi connectivity index (χ0) is 18.9. The smallest absolute Gasteiger partial charge is 0.338 e. The van der Waals surface area contributed by atoms with Crippen molar-refractivity contribution in [1.82, 2.24) is 10.7 Å². The van der Waals surface area contributed by atoms with Crippen LogP contribution in [-0.2, 0) is 16.1 Å². The van der Waals surface area contributed by atoms with Gasteiger partial charge in [0.25, 0.3) is 0 Å². The second-order valence-corrected chi connectivity index (χ2v) is 5.89. The normalized spacial score (nSPS) is 10.0. The van der Waals surface area contributed by atoms with E-state index in [-0.39, 0.29) is 18.7 Å². The van der Waals surface area contributed by atoms with Crippen molar-refractivity contribution in [1.29, 1.82) is 0 Å². The molecule has 4 N–H and O–H groups in total. The minimum absolute atomic E-state index is 0.0131. The summed E-state index contributed by atoms with van der Waals surface area (Å²) in [5.74, 6) is -0.781. The van der Waals surface area contributed by atoms with Crippen molar-refractivity contribution >= 4 is 35.1 Å². The fourth-order valence-corrected chi connectivity index (χ4v) is 2.34. The summed E-state index contributed by atoms with van der Waals surface area (Å²) in [5.41, 5.74) is 8.95. The molecule has 0 bridgehead atoms. The lowest BCUT2D eigenvalue weighted by Gasteiger charge is -2.21. The van der Waals surface area contributed by atoms with Crippen molar-refractivity contribution in [3.05, 3.63) is 65.2 Å². The number of amides is 4. The number of nitrogens with zero attached hydrogens (tertiary/aromatic N) is 1. The SMILES string of the molecule is NC(=O)N(NC(=O)CCC(=O)NCc1ccccc1)c1cccc(Cl)c1. The van der Waals surface area contributed by atoms with Gasteiger partial charge in [-0.25, -0.2) is 9.80 Å². The third-order valence-corrected chi connectivity index (χ3v) is 3.67. The number of anilines is 1. The van der Waals surface area contributed by atoms with E-state index in [0.717, 1.165) is 10.6 Å². The summed E-state index contributed by atoms with van der Waals surface area (Å²) in [7, 11) is 0. The van der Waals surface area contributed by atoms with Crippen LogP contribution in [0.15, 0.2) is 54.6 Å². The lowest BCUT2D eigenvalue weighted by molar-refractivity contribution is -0.126. The molecule has 8 heteroatoms. The number of carbonyl (C=O) groups excluding carboxylic acids is 3. The van der Waals surface area contributed by atoms with Gasteiger partial charge in [0.05, 0.1) is 5.69 Å². The van der Waals surface area contributed by atoms with Gasteiger partial charge in [-0.2, -0.15) is 0 Å². The Bertz CT molecular complexity index is 783. The Kier molecular flexibility index (Phi) is 6.99. The van der Waals surface area contributed by atoms with E-state index < -0.39 is 11.9 Å². The average molecular weight is 375 g/mol. The third-order valence-electron chi connectivity index (χ3n) is 3.43. The van der Waals surface area contributed by atoms with Crippen molar-refractivity contribution in [3.8, 4) is 0 Å². The van der Waals surface area contributed by atoms with Crippen LogP contribution in [0.25, 0.3) is 0 Å². The minimum Gasteiger partial charge on any atom is -0.352 e. The summed E-state index contributed by atoms with van der Waals surface area (Å²) in [6, 6.07) is 14.9. The van der Waals surface area contributed by atoms with Gasteiger partial charge in [0.2, 0.25) is 11.8 Å². The van der Waals surface area contributed by atoms with E-state index in [1.54, 1.807) is 18.2 Å². The molecule has 0 aliphatic rings. The molecule has 2 rings (SSSR count). The van der Waals surface area contributed by atoms with Crippen LogP contribution in [0.4, 0.5) is 10.5 Å². The highest BCUT2D eigenvalue weighted by Gasteiger charge is 2.16. The quantitative estimate of drug-likeness (QED) is 0.676. The summed E-state index contributed by atoms with van der Waals surface area (Å²) < 4.78 is 0. The second kappa shape index (κ2) is 9.43. The molecule has 2 aromatic carbocycles. The van der Waals surface area contributed by atoms with Crippen LogP contribution >= 0.6 is 11.6 Å². The molecule has 0 spiro atoms. The summed E-state index contributed by atoms with van der Waals surface area (Å²) in [6.45, 7) is 0.386. The summed E-state index contributed by atoms with van der Waals surface area (Å²) in [6.07, 6.45) is -0.105. The molecule has 0 saturated heterocycles. The Balaban J connectivity index is 1.82. The molecular formula is C18H19ClN4O3. The van der Waals surface area contributed by atoms with Gasteiger partial charge in [-0.3, -0.25) is 15.0 Å². The second-order valence-electron chi connectivity index (χ2n) is 5.45. The first kappa shape index (κ1) is 19.3. The number of benzene rings is 2. The van der Waals surface area contributed by atoms with Gasteiger partial charge in [-0.05, 0) is 23.8 Å². The van der Waals surface area contributed by atoms with Crippen LogP contribution < -0.4 is 21.5 Å². The van der Waals surface area contributed by atoms with Crippen LogP contribution in [0.3, 0.4) is 0 Å². The monoisotopic (exact) mass is 374 g/mol. The van der Waals surface area contributed by atoms with Crippen LogP contribution in [0.2, 0.25) is 5.02 Å². The number of hydrogen-bond acceptors (Lipinski definition) is 3. The molecule has 26 heavy (non-hydrogen) atoms. The maximum Gasteiger partial charge on any atom is 0.338 e. The van der Waals surface area contributed by atoms with Gasteiger partial charge in [0.15, 0.2) is 0 Å². The molecule has 136 valence electrons. The lowest BCUT2D eigenvalue weighted by atomic mass is 10.2. The van der Waals surface area contributed by atoms with E-state index in [1.165, 1.54) is 6.07 Å². The number of primary amides is 1. The summed E-state index contributed by atoms with van der Waals surface area (Å²) >= 11 is 5.87. The van der Waals surface area contributed by atoms with E-state index in [2.05, 4.69) is 10.7 Å². The van der Waals surface area contributed by atoms with E-state index in [1.807, 2.05) is 30.3 Å². The predicted octanol–water partition coefficient (Wildman–Crippen LogP) is 2.35. The van der Waals surface area contributed by atoms with Crippen LogP contribution in [0, 0.1) is 0 Å². The number of halogens is 1. The number of carbonyl (C=O) groups is 3. The molecule has 0 radical (unpaired) electrons. The molecule has 0 fully saturated rings. The number of nitrogens with one attached hydrogen (secondary N) is 2. The molecule has 0 atom stereocenters. The number of hydrazine groups is 1. The standard InChI is InChI=1S/C18H19ClN4O3/c19-14-7-4-8-15(11-14)23(18(20)26)22-17(25)10-9-16(24)21-12-13-5-2-1-3-6-13/h1-8,11H,9-10,12H2,(H2,20,26)(H,21,24)(H,22,25). The highest BCUT2D eigenvalue weighted by atomic mass is 35.5. The molecule has 0 saturated carbocycles. The minimum atomic E-state index is -0.867. The fraction of sp³-hybridized carbons (Fsp3) is 0.167. The Morgan fingerprint density at radius 1 is 0.962 bits per heavy atom. The fourth-order valence-electron chi connectivity index (χ4n) is 2.15. The van der Waals surface area contributed by atoms with Gasteiger partial charge < -0.3 is 11.1 Å². The van der Waals surface area contributed by atoms with Gasteiger partial charge >= 0.3 is 6.03 Å². The number of urea groups is 1. The summed E-state index contributed by atoms with van der Waals surface area (Å²) in [4.78, 5) is 35.4. The Morgan fingerprint density at radius 3 is 2.31 bits per heavy atom. The maximum atomic E-state index is 12.0. The molecule has 0 aliphatic carbocycles. The van der Waals surface area contributed by atoms with Crippen molar-refractivity contribution in [2.45, 2.75) is 19.4 Å². The number of rotatable bonds is 6. The molecular weight excluding hydrogens is 356 g/mol. The first-order chi connectivity index (χ1) is 12.5. The predicted molar refractivity (Wildman–Crippen MR) is 99.2 cm³/mol. The largest absolute Gasteiger partial charge is 0.352 e.